The van der Waals surface area contributed by atoms with Crippen molar-refractivity contribution in [2.75, 3.05) is 25.5 Å². The van der Waals surface area contributed by atoms with E-state index < -0.39 is 17.5 Å². The third-order valence-electron chi connectivity index (χ3n) is 5.62. The molecule has 0 aliphatic heterocycles. The number of anilines is 1. The van der Waals surface area contributed by atoms with Crippen LogP contribution in [0, 0.1) is 11.6 Å². The lowest BCUT2D eigenvalue weighted by atomic mass is 10.1. The van der Waals surface area contributed by atoms with Gasteiger partial charge in [0.1, 0.15) is 0 Å². The number of hydrogen-bond donors (Lipinski definition) is 3. The summed E-state index contributed by atoms with van der Waals surface area (Å²) in [6, 6.07) is 7.16. The number of aromatic nitrogens is 2. The van der Waals surface area contributed by atoms with E-state index in [-0.39, 0.29) is 39.3 Å². The second kappa shape index (κ2) is 12.5. The molecule has 11 heteroatoms. The molecule has 3 rings (SSSR count). The molecule has 0 atom stereocenters. The summed E-state index contributed by atoms with van der Waals surface area (Å²) in [5.41, 5.74) is 6.23. The predicted octanol–water partition coefficient (Wildman–Crippen LogP) is 4.53. The van der Waals surface area contributed by atoms with Crippen molar-refractivity contribution in [2.45, 2.75) is 25.7 Å². The lowest BCUT2D eigenvalue weighted by molar-refractivity contribution is 0.0952. The second-order valence-corrected chi connectivity index (χ2v) is 8.48. The molecule has 0 unspecified atom stereocenters. The van der Waals surface area contributed by atoms with Crippen LogP contribution in [0.5, 0.6) is 5.75 Å². The molecule has 2 amide bonds. The van der Waals surface area contributed by atoms with Gasteiger partial charge < -0.3 is 25.7 Å². The number of methoxy groups -OCH3 is 1. The zero-order valence-corrected chi connectivity index (χ0v) is 20.8. The number of ether oxygens (including phenoxy) is 1. The highest BCUT2D eigenvalue weighted by Crippen LogP contribution is 2.30. The molecule has 0 spiro atoms. The summed E-state index contributed by atoms with van der Waals surface area (Å²) in [5, 5.41) is 5.65. The van der Waals surface area contributed by atoms with Gasteiger partial charge in [0.25, 0.3) is 11.8 Å². The van der Waals surface area contributed by atoms with E-state index in [4.69, 9.17) is 22.1 Å². The van der Waals surface area contributed by atoms with Crippen LogP contribution in [-0.2, 0) is 7.05 Å². The predicted molar refractivity (Wildman–Crippen MR) is 134 cm³/mol. The minimum Gasteiger partial charge on any atom is -0.494 e. The molecule has 0 bridgehead atoms. The van der Waals surface area contributed by atoms with Crippen molar-refractivity contribution in [1.82, 2.24) is 14.9 Å². The maximum absolute atomic E-state index is 14.5. The van der Waals surface area contributed by atoms with Gasteiger partial charge in [-0.1, -0.05) is 24.4 Å². The van der Waals surface area contributed by atoms with Crippen molar-refractivity contribution in [3.63, 3.8) is 0 Å². The van der Waals surface area contributed by atoms with Crippen LogP contribution in [0.2, 0.25) is 5.02 Å². The molecule has 0 radical (unpaired) electrons. The Morgan fingerprint density at radius 2 is 1.83 bits per heavy atom. The molecule has 1 heterocycles. The van der Waals surface area contributed by atoms with Crippen molar-refractivity contribution in [3.8, 4) is 17.0 Å². The van der Waals surface area contributed by atoms with Gasteiger partial charge in [0, 0.05) is 24.8 Å². The number of amides is 2. The van der Waals surface area contributed by atoms with Crippen LogP contribution in [0.15, 0.2) is 36.5 Å². The zero-order chi connectivity index (χ0) is 26.2. The molecule has 0 aliphatic rings. The van der Waals surface area contributed by atoms with Crippen molar-refractivity contribution in [3.05, 3.63) is 64.6 Å². The Balaban J connectivity index is 1.67. The molecular formula is C25H28ClF2N5O3. The van der Waals surface area contributed by atoms with Crippen LogP contribution >= 0.6 is 11.6 Å². The average Bonchev–Trinajstić information content (AvgIpc) is 3.24. The van der Waals surface area contributed by atoms with Crippen LogP contribution in [0.25, 0.3) is 11.3 Å². The maximum atomic E-state index is 14.5. The highest BCUT2D eigenvalue weighted by molar-refractivity contribution is 6.34. The van der Waals surface area contributed by atoms with Crippen molar-refractivity contribution in [1.29, 1.82) is 0 Å². The zero-order valence-electron chi connectivity index (χ0n) is 20.0. The third kappa shape index (κ3) is 6.19. The Hall–Kier alpha value is -3.50. The molecule has 3 aromatic rings. The number of hydrogen-bond acceptors (Lipinski definition) is 5. The van der Waals surface area contributed by atoms with Gasteiger partial charge in [-0.05, 0) is 49.7 Å². The molecule has 36 heavy (non-hydrogen) atoms. The fourth-order valence-corrected chi connectivity index (χ4v) is 3.91. The minimum absolute atomic E-state index is 0.0341. The summed E-state index contributed by atoms with van der Waals surface area (Å²) in [4.78, 5) is 29.3. The van der Waals surface area contributed by atoms with E-state index >= 15 is 0 Å². The molecule has 1 aromatic heterocycles. The number of imidazole rings is 1. The van der Waals surface area contributed by atoms with E-state index in [9.17, 15) is 18.4 Å². The maximum Gasteiger partial charge on any atom is 0.291 e. The van der Waals surface area contributed by atoms with Crippen molar-refractivity contribution in [2.24, 2.45) is 12.8 Å². The van der Waals surface area contributed by atoms with Crippen LogP contribution in [0.3, 0.4) is 0 Å². The van der Waals surface area contributed by atoms with Crippen LogP contribution < -0.4 is 21.1 Å². The first-order chi connectivity index (χ1) is 17.3. The summed E-state index contributed by atoms with van der Waals surface area (Å²) >= 11 is 6.27. The number of nitrogens with zero attached hydrogens (tertiary/aromatic N) is 2. The van der Waals surface area contributed by atoms with Crippen molar-refractivity contribution >= 4 is 29.1 Å². The van der Waals surface area contributed by atoms with E-state index in [2.05, 4.69) is 15.6 Å². The van der Waals surface area contributed by atoms with Crippen LogP contribution in [0.1, 0.15) is 46.7 Å². The Bertz CT molecular complexity index is 1250. The normalized spacial score (nSPS) is 10.8. The number of nitrogens with two attached hydrogens (primary N) is 1. The van der Waals surface area contributed by atoms with Gasteiger partial charge in [0.05, 0.1) is 29.6 Å². The first-order valence-electron chi connectivity index (χ1n) is 11.4. The molecular weight excluding hydrogens is 492 g/mol. The van der Waals surface area contributed by atoms with E-state index in [1.165, 1.54) is 49.2 Å². The van der Waals surface area contributed by atoms with E-state index in [1.54, 1.807) is 6.07 Å². The number of nitrogens with one attached hydrogen (secondary N) is 2. The fourth-order valence-electron chi connectivity index (χ4n) is 3.64. The number of rotatable bonds is 11. The van der Waals surface area contributed by atoms with Crippen LogP contribution in [-0.4, -0.2) is 41.6 Å². The standard InChI is InChI=1S/C25H28ClF2N5O3/c1-33-19(17-9-10-20(36-2)22(28)21(17)27)14-31-23(33)25(35)32-15-7-8-16(18(26)13-15)24(34)30-12-6-4-3-5-11-29/h7-10,13-14H,3-6,11-12,29H2,1-2H3,(H,30,34)(H,32,35). The summed E-state index contributed by atoms with van der Waals surface area (Å²) < 4.78 is 34.8. The number of carbonyl (C=O) groups excluding carboxylic acids is 2. The van der Waals surface area contributed by atoms with E-state index in [1.807, 2.05) is 0 Å². The largest absolute Gasteiger partial charge is 0.494 e. The molecule has 0 fully saturated rings. The number of carbonyl (C=O) groups is 2. The molecule has 0 saturated carbocycles. The molecule has 8 nitrogen and oxygen atoms in total. The lowest BCUT2D eigenvalue weighted by Crippen LogP contribution is -2.25. The number of halogens is 3. The van der Waals surface area contributed by atoms with Crippen LogP contribution in [0.4, 0.5) is 14.5 Å². The third-order valence-corrected chi connectivity index (χ3v) is 5.93. The summed E-state index contributed by atoms with van der Waals surface area (Å²) in [5.74, 6) is -3.41. The van der Waals surface area contributed by atoms with Gasteiger partial charge in [-0.15, -0.1) is 0 Å². The molecule has 4 N–H and O–H groups in total. The summed E-state index contributed by atoms with van der Waals surface area (Å²) in [6.07, 6.45) is 5.07. The molecule has 0 saturated heterocycles. The molecule has 2 aromatic carbocycles. The number of benzene rings is 2. The average molecular weight is 520 g/mol. The topological polar surface area (TPSA) is 111 Å². The smallest absolute Gasteiger partial charge is 0.291 e. The molecule has 0 aliphatic carbocycles. The minimum atomic E-state index is -1.13. The Morgan fingerprint density at radius 3 is 2.53 bits per heavy atom. The van der Waals surface area contributed by atoms with Gasteiger partial charge in [-0.3, -0.25) is 9.59 Å². The highest BCUT2D eigenvalue weighted by Gasteiger charge is 2.21. The quantitative estimate of drug-likeness (QED) is 0.322. The number of unbranched alkanes of at least 4 members (excludes halogenated alkanes) is 3. The Labute approximate surface area is 212 Å². The lowest BCUT2D eigenvalue weighted by Gasteiger charge is -2.11. The first kappa shape index (κ1) is 27.1. The first-order valence-corrected chi connectivity index (χ1v) is 11.8. The van der Waals surface area contributed by atoms with Crippen molar-refractivity contribution < 1.29 is 23.1 Å². The highest BCUT2D eigenvalue weighted by atomic mass is 35.5. The van der Waals surface area contributed by atoms with Gasteiger partial charge >= 0.3 is 0 Å². The summed E-state index contributed by atoms with van der Waals surface area (Å²) in [7, 11) is 2.75. The Morgan fingerprint density at radius 1 is 1.08 bits per heavy atom. The Kier molecular flexibility index (Phi) is 9.38. The van der Waals surface area contributed by atoms with Gasteiger partial charge in [-0.25, -0.2) is 9.37 Å². The molecule has 192 valence electrons. The summed E-state index contributed by atoms with van der Waals surface area (Å²) in [6.45, 7) is 1.19. The monoisotopic (exact) mass is 519 g/mol. The SMILES string of the molecule is COc1ccc(-c2cnc(C(=O)Nc3ccc(C(=O)NCCCCCCN)c(Cl)c3)n2C)c(F)c1F. The fraction of sp³-hybridized carbons (Fsp3) is 0.320. The second-order valence-electron chi connectivity index (χ2n) is 8.08. The van der Waals surface area contributed by atoms with Gasteiger partial charge in [0.15, 0.2) is 17.4 Å². The van der Waals surface area contributed by atoms with E-state index in [0.29, 0.717) is 18.8 Å². The van der Waals surface area contributed by atoms with Gasteiger partial charge in [0.2, 0.25) is 5.82 Å². The van der Waals surface area contributed by atoms with E-state index in [0.717, 1.165) is 25.7 Å². The van der Waals surface area contributed by atoms with Gasteiger partial charge in [-0.2, -0.15) is 4.39 Å².